The summed E-state index contributed by atoms with van der Waals surface area (Å²) in [6, 6.07) is 0.962. The van der Waals surface area contributed by atoms with E-state index in [1.54, 1.807) is 13.3 Å². The molecule has 2 aliphatic heterocycles. The zero-order valence-corrected chi connectivity index (χ0v) is 19.1. The SMILES string of the molecule is CC[CH2][Sn]([CH2]CC)([CH2]CC)[S]C[C@@H]1CCCN2CCCC[C@H]12. The van der Waals surface area contributed by atoms with Crippen LogP contribution in [0.4, 0.5) is 0 Å². The standard InChI is InChI=1S/C10H19NS.3C3H7.Sn/c12-8-9-4-3-7-11-6-2-1-5-10(9)11;3*1-3-2;/h9-10,12H,1-8H2;3*1,3H2,2H3;/q;;;;+1/p-1/t9-,10+;;;;/m0..../s1. The Morgan fingerprint density at radius 1 is 0.864 bits per heavy atom. The molecule has 2 saturated heterocycles. The molecule has 0 radical (unpaired) electrons. The molecule has 2 aliphatic rings. The Kier molecular flexibility index (Phi) is 8.99. The Morgan fingerprint density at radius 2 is 1.50 bits per heavy atom. The van der Waals surface area contributed by atoms with Gasteiger partial charge in [0, 0.05) is 0 Å². The molecule has 130 valence electrons. The fraction of sp³-hybridized carbons (Fsp3) is 1.00. The van der Waals surface area contributed by atoms with E-state index in [2.05, 4.69) is 34.6 Å². The van der Waals surface area contributed by atoms with Gasteiger partial charge in [-0.3, -0.25) is 0 Å². The molecule has 0 spiro atoms. The van der Waals surface area contributed by atoms with E-state index in [1.807, 2.05) is 0 Å². The monoisotopic (exact) mass is 433 g/mol. The minimum atomic E-state index is -1.87. The van der Waals surface area contributed by atoms with Gasteiger partial charge in [-0.05, 0) is 0 Å². The minimum absolute atomic E-state index is 0.962. The van der Waals surface area contributed by atoms with E-state index < -0.39 is 17.0 Å². The van der Waals surface area contributed by atoms with Crippen molar-refractivity contribution in [1.29, 1.82) is 0 Å². The van der Waals surface area contributed by atoms with Crippen molar-refractivity contribution in [2.45, 2.75) is 91.5 Å². The van der Waals surface area contributed by atoms with E-state index in [0.29, 0.717) is 0 Å². The van der Waals surface area contributed by atoms with Gasteiger partial charge in [0.25, 0.3) is 0 Å². The molecule has 0 aromatic carbocycles. The molecule has 0 aliphatic carbocycles. The first kappa shape index (κ1) is 19.4. The van der Waals surface area contributed by atoms with Gasteiger partial charge in [0.05, 0.1) is 0 Å². The molecule has 0 aromatic heterocycles. The van der Waals surface area contributed by atoms with Gasteiger partial charge in [-0.25, -0.2) is 0 Å². The second-order valence-corrected chi connectivity index (χ2v) is 27.7. The van der Waals surface area contributed by atoms with Crippen LogP contribution in [-0.2, 0) is 0 Å². The van der Waals surface area contributed by atoms with E-state index in [9.17, 15) is 0 Å². The second-order valence-electron chi connectivity index (χ2n) is 7.75. The number of rotatable bonds is 9. The molecule has 0 aromatic rings. The van der Waals surface area contributed by atoms with E-state index in [0.717, 1.165) is 12.0 Å². The van der Waals surface area contributed by atoms with E-state index in [1.165, 1.54) is 70.2 Å². The average Bonchev–Trinajstić information content (AvgIpc) is 2.54. The topological polar surface area (TPSA) is 3.24 Å². The summed E-state index contributed by atoms with van der Waals surface area (Å²) in [5.41, 5.74) is 0. The molecule has 2 fully saturated rings. The van der Waals surface area contributed by atoms with Crippen LogP contribution < -0.4 is 0 Å². The second kappa shape index (κ2) is 10.2. The van der Waals surface area contributed by atoms with Crippen molar-refractivity contribution >= 4 is 25.9 Å². The molecule has 0 N–H and O–H groups in total. The van der Waals surface area contributed by atoms with Crippen LogP contribution in [0.3, 0.4) is 0 Å². The number of hydrogen-bond donors (Lipinski definition) is 0. The molecular formula is C19H39NSSn. The quantitative estimate of drug-likeness (QED) is 0.402. The van der Waals surface area contributed by atoms with E-state index >= 15 is 0 Å². The van der Waals surface area contributed by atoms with Crippen LogP contribution in [0.15, 0.2) is 0 Å². The molecule has 0 bridgehead atoms. The summed E-state index contributed by atoms with van der Waals surface area (Å²) in [5.74, 6) is 2.55. The van der Waals surface area contributed by atoms with Crippen LogP contribution in [0.2, 0.25) is 13.3 Å². The van der Waals surface area contributed by atoms with Gasteiger partial charge in [0.1, 0.15) is 0 Å². The number of piperidine rings is 2. The fourth-order valence-electron chi connectivity index (χ4n) is 5.01. The van der Waals surface area contributed by atoms with Crippen molar-refractivity contribution < 1.29 is 0 Å². The summed E-state index contributed by atoms with van der Waals surface area (Å²) in [6.45, 7) is 10.1. The van der Waals surface area contributed by atoms with E-state index in [-0.39, 0.29) is 0 Å². The van der Waals surface area contributed by atoms with E-state index in [4.69, 9.17) is 0 Å². The molecule has 0 amide bonds. The van der Waals surface area contributed by atoms with Crippen LogP contribution in [0.1, 0.15) is 72.1 Å². The molecule has 2 heterocycles. The first-order valence-corrected chi connectivity index (χ1v) is 20.7. The molecular weight excluding hydrogens is 393 g/mol. The Bertz CT molecular complexity index is 291. The number of nitrogens with zero attached hydrogens (tertiary/aromatic N) is 1. The van der Waals surface area contributed by atoms with Gasteiger partial charge >= 0.3 is 147 Å². The summed E-state index contributed by atoms with van der Waals surface area (Å²) in [7, 11) is 2.59. The predicted molar refractivity (Wildman–Crippen MR) is 105 cm³/mol. The zero-order valence-electron chi connectivity index (χ0n) is 15.4. The summed E-state index contributed by atoms with van der Waals surface area (Å²) in [4.78, 5) is 2.86. The zero-order chi connectivity index (χ0) is 15.8. The number of hydrogen-bond acceptors (Lipinski definition) is 2. The van der Waals surface area contributed by atoms with Gasteiger partial charge in [-0.2, -0.15) is 0 Å². The van der Waals surface area contributed by atoms with Crippen molar-refractivity contribution in [3.8, 4) is 0 Å². The third-order valence-corrected chi connectivity index (χ3v) is 30.0. The molecule has 2 atom stereocenters. The summed E-state index contributed by atoms with van der Waals surface area (Å²) < 4.78 is 4.92. The molecule has 1 nitrogen and oxygen atoms in total. The van der Waals surface area contributed by atoms with Crippen molar-refractivity contribution in [3.05, 3.63) is 0 Å². The summed E-state index contributed by atoms with van der Waals surface area (Å²) >= 11 is -1.87. The Labute approximate surface area is 146 Å². The molecule has 3 heteroatoms. The number of fused-ring (bicyclic) bond motifs is 1. The van der Waals surface area contributed by atoms with Crippen LogP contribution in [-0.4, -0.2) is 46.8 Å². The first-order valence-electron chi connectivity index (χ1n) is 10.1. The summed E-state index contributed by atoms with van der Waals surface area (Å²) in [6.07, 6.45) is 11.8. The van der Waals surface area contributed by atoms with Crippen LogP contribution in [0.25, 0.3) is 0 Å². The Morgan fingerprint density at radius 3 is 2.14 bits per heavy atom. The first-order chi connectivity index (χ1) is 10.7. The van der Waals surface area contributed by atoms with Gasteiger partial charge < -0.3 is 0 Å². The van der Waals surface area contributed by atoms with Crippen LogP contribution >= 0.6 is 8.95 Å². The van der Waals surface area contributed by atoms with Gasteiger partial charge in [-0.1, -0.05) is 0 Å². The van der Waals surface area contributed by atoms with Crippen molar-refractivity contribution in [3.63, 3.8) is 0 Å². The third kappa shape index (κ3) is 5.31. The maximum atomic E-state index is 2.86. The predicted octanol–water partition coefficient (Wildman–Crippen LogP) is 6.16. The van der Waals surface area contributed by atoms with Crippen molar-refractivity contribution in [2.24, 2.45) is 5.92 Å². The summed E-state index contributed by atoms with van der Waals surface area (Å²) in [5, 5.41) is 0. The Hall–Kier alpha value is 1.11. The fourth-order valence-corrected chi connectivity index (χ4v) is 29.0. The molecule has 0 saturated carbocycles. The van der Waals surface area contributed by atoms with Gasteiger partial charge in [-0.15, -0.1) is 0 Å². The van der Waals surface area contributed by atoms with Crippen LogP contribution in [0.5, 0.6) is 0 Å². The van der Waals surface area contributed by atoms with Crippen molar-refractivity contribution in [2.75, 3.05) is 18.8 Å². The normalized spacial score (nSPS) is 26.9. The molecule has 22 heavy (non-hydrogen) atoms. The third-order valence-electron chi connectivity index (χ3n) is 5.95. The maximum absolute atomic E-state index is 2.86. The van der Waals surface area contributed by atoms with Crippen LogP contribution in [0, 0.1) is 5.92 Å². The molecule has 2 rings (SSSR count). The Balaban J connectivity index is 1.94. The van der Waals surface area contributed by atoms with Gasteiger partial charge in [0.15, 0.2) is 0 Å². The average molecular weight is 432 g/mol. The molecule has 0 unspecified atom stereocenters. The van der Waals surface area contributed by atoms with Gasteiger partial charge in [0.2, 0.25) is 0 Å². The van der Waals surface area contributed by atoms with Crippen molar-refractivity contribution in [1.82, 2.24) is 4.90 Å².